The Balaban J connectivity index is 2.01. The van der Waals surface area contributed by atoms with E-state index < -0.39 is 0 Å². The summed E-state index contributed by atoms with van der Waals surface area (Å²) in [6.45, 7) is 0. The van der Waals surface area contributed by atoms with E-state index >= 15 is 0 Å². The van der Waals surface area contributed by atoms with Crippen LogP contribution in [0.1, 0.15) is 31.2 Å². The topological polar surface area (TPSA) is 17.1 Å². The van der Waals surface area contributed by atoms with Gasteiger partial charge in [0, 0.05) is 12.3 Å². The number of Topliss-reactive ketones (excluding diaryl/α,β-unsaturated/α-hetero) is 1. The first-order valence-corrected chi connectivity index (χ1v) is 5.53. The van der Waals surface area contributed by atoms with Gasteiger partial charge in [-0.2, -0.15) is 0 Å². The van der Waals surface area contributed by atoms with Crippen molar-refractivity contribution in [3.05, 3.63) is 35.6 Å². The molecule has 1 aliphatic rings. The van der Waals surface area contributed by atoms with Gasteiger partial charge in [-0.3, -0.25) is 4.79 Å². The van der Waals surface area contributed by atoms with Crippen molar-refractivity contribution in [2.45, 2.75) is 32.1 Å². The maximum atomic E-state index is 12.7. The molecule has 1 fully saturated rings. The van der Waals surface area contributed by atoms with Crippen LogP contribution in [0.3, 0.4) is 0 Å². The van der Waals surface area contributed by atoms with Crippen LogP contribution in [0.2, 0.25) is 0 Å². The molecule has 0 bridgehead atoms. The number of hydrogen-bond donors (Lipinski definition) is 0. The zero-order valence-corrected chi connectivity index (χ0v) is 8.71. The number of benzene rings is 1. The summed E-state index contributed by atoms with van der Waals surface area (Å²) in [7, 11) is 0. The third-order valence-electron chi connectivity index (χ3n) is 3.08. The third kappa shape index (κ3) is 2.65. The fraction of sp³-hybridized carbons (Fsp3) is 0.462. The Hall–Kier alpha value is -1.18. The zero-order valence-electron chi connectivity index (χ0n) is 8.71. The monoisotopic (exact) mass is 206 g/mol. The van der Waals surface area contributed by atoms with Crippen molar-refractivity contribution >= 4 is 5.78 Å². The molecule has 2 rings (SSSR count). The van der Waals surface area contributed by atoms with E-state index in [-0.39, 0.29) is 11.7 Å². The van der Waals surface area contributed by atoms with E-state index in [0.717, 1.165) is 37.7 Å². The summed E-state index contributed by atoms with van der Waals surface area (Å²) >= 11 is 0. The van der Waals surface area contributed by atoms with Crippen molar-refractivity contribution in [2.24, 2.45) is 5.92 Å². The number of carbonyl (C=O) groups excluding carboxylic acids is 1. The van der Waals surface area contributed by atoms with E-state index in [1.807, 2.05) is 0 Å². The molecule has 0 aromatic heterocycles. The van der Waals surface area contributed by atoms with Crippen molar-refractivity contribution in [2.75, 3.05) is 0 Å². The lowest BCUT2D eigenvalue weighted by Crippen LogP contribution is -2.20. The molecule has 15 heavy (non-hydrogen) atoms. The summed E-state index contributed by atoms with van der Waals surface area (Å²) < 4.78 is 12.7. The minimum Gasteiger partial charge on any atom is -0.299 e. The van der Waals surface area contributed by atoms with E-state index in [0.29, 0.717) is 5.78 Å². The predicted octanol–water partition coefficient (Wildman–Crippen LogP) is 3.13. The van der Waals surface area contributed by atoms with Gasteiger partial charge in [0.2, 0.25) is 0 Å². The quantitative estimate of drug-likeness (QED) is 0.726. The molecule has 1 saturated carbocycles. The van der Waals surface area contributed by atoms with Gasteiger partial charge in [-0.25, -0.2) is 4.39 Å². The molecule has 0 radical (unpaired) electrons. The molecule has 1 atom stereocenters. The summed E-state index contributed by atoms with van der Waals surface area (Å²) in [6.07, 6.45) is 4.69. The number of halogens is 1. The molecular weight excluding hydrogens is 191 g/mol. The lowest BCUT2D eigenvalue weighted by molar-refractivity contribution is -0.124. The molecule has 0 spiro atoms. The van der Waals surface area contributed by atoms with Crippen molar-refractivity contribution < 1.29 is 9.18 Å². The summed E-state index contributed by atoms with van der Waals surface area (Å²) in [4.78, 5) is 11.6. The largest absolute Gasteiger partial charge is 0.299 e. The smallest absolute Gasteiger partial charge is 0.136 e. The molecule has 0 N–H and O–H groups in total. The second kappa shape index (κ2) is 4.56. The standard InChI is InChI=1S/C13H15FO/c14-12-7-5-10(6-8-12)9-11-3-1-2-4-13(11)15/h5-8,11H,1-4,9H2/t11-/m1/s1. The molecule has 0 heterocycles. The van der Waals surface area contributed by atoms with Crippen LogP contribution in [0.4, 0.5) is 4.39 Å². The Bertz CT molecular complexity index is 342. The molecule has 1 aliphatic carbocycles. The lowest BCUT2D eigenvalue weighted by Gasteiger charge is -2.20. The van der Waals surface area contributed by atoms with Crippen LogP contribution in [-0.2, 0) is 11.2 Å². The fourth-order valence-corrected chi connectivity index (χ4v) is 2.18. The second-order valence-corrected chi connectivity index (χ2v) is 4.24. The van der Waals surface area contributed by atoms with Gasteiger partial charge in [0.15, 0.2) is 0 Å². The van der Waals surface area contributed by atoms with Gasteiger partial charge in [-0.1, -0.05) is 18.6 Å². The number of carbonyl (C=O) groups is 1. The highest BCUT2D eigenvalue weighted by molar-refractivity contribution is 5.81. The van der Waals surface area contributed by atoms with E-state index in [9.17, 15) is 9.18 Å². The molecule has 80 valence electrons. The zero-order chi connectivity index (χ0) is 10.7. The minimum absolute atomic E-state index is 0.171. The van der Waals surface area contributed by atoms with E-state index in [2.05, 4.69) is 0 Å². The first-order valence-electron chi connectivity index (χ1n) is 5.53. The molecule has 0 aliphatic heterocycles. The van der Waals surface area contributed by atoms with Gasteiger partial charge in [0.25, 0.3) is 0 Å². The van der Waals surface area contributed by atoms with Crippen LogP contribution in [-0.4, -0.2) is 5.78 Å². The summed E-state index contributed by atoms with van der Waals surface area (Å²) in [5.41, 5.74) is 1.07. The van der Waals surface area contributed by atoms with Crippen molar-refractivity contribution in [1.82, 2.24) is 0 Å². The Morgan fingerprint density at radius 3 is 2.60 bits per heavy atom. The Morgan fingerprint density at radius 1 is 1.20 bits per heavy atom. The maximum Gasteiger partial charge on any atom is 0.136 e. The van der Waals surface area contributed by atoms with Crippen LogP contribution in [0.25, 0.3) is 0 Å². The maximum absolute atomic E-state index is 12.7. The average Bonchev–Trinajstić information content (AvgIpc) is 2.25. The van der Waals surface area contributed by atoms with Gasteiger partial charge in [0.05, 0.1) is 0 Å². The van der Waals surface area contributed by atoms with Gasteiger partial charge in [0.1, 0.15) is 11.6 Å². The van der Waals surface area contributed by atoms with E-state index in [1.54, 1.807) is 12.1 Å². The van der Waals surface area contributed by atoms with Crippen molar-refractivity contribution in [3.63, 3.8) is 0 Å². The molecule has 1 nitrogen and oxygen atoms in total. The van der Waals surface area contributed by atoms with Crippen molar-refractivity contribution in [3.8, 4) is 0 Å². The second-order valence-electron chi connectivity index (χ2n) is 4.24. The Labute approximate surface area is 89.3 Å². The van der Waals surface area contributed by atoms with E-state index in [4.69, 9.17) is 0 Å². The Kier molecular flexibility index (Phi) is 3.14. The van der Waals surface area contributed by atoms with Gasteiger partial charge < -0.3 is 0 Å². The first-order chi connectivity index (χ1) is 7.25. The van der Waals surface area contributed by atoms with Crippen LogP contribution >= 0.6 is 0 Å². The van der Waals surface area contributed by atoms with Crippen LogP contribution < -0.4 is 0 Å². The molecule has 0 amide bonds. The highest BCUT2D eigenvalue weighted by Gasteiger charge is 2.21. The first kappa shape index (κ1) is 10.3. The number of ketones is 1. The average molecular weight is 206 g/mol. The van der Waals surface area contributed by atoms with Crippen LogP contribution in [0.15, 0.2) is 24.3 Å². The Morgan fingerprint density at radius 2 is 1.93 bits per heavy atom. The fourth-order valence-electron chi connectivity index (χ4n) is 2.18. The van der Waals surface area contributed by atoms with Gasteiger partial charge >= 0.3 is 0 Å². The molecule has 1 aromatic rings. The third-order valence-corrected chi connectivity index (χ3v) is 3.08. The highest BCUT2D eigenvalue weighted by atomic mass is 19.1. The summed E-state index contributed by atoms with van der Waals surface area (Å²) in [5, 5.41) is 0. The molecule has 1 aromatic carbocycles. The molecule has 0 saturated heterocycles. The van der Waals surface area contributed by atoms with Gasteiger partial charge in [-0.15, -0.1) is 0 Å². The van der Waals surface area contributed by atoms with Gasteiger partial charge in [-0.05, 0) is 37.0 Å². The molecule has 2 heteroatoms. The number of hydrogen-bond acceptors (Lipinski definition) is 1. The normalized spacial score (nSPS) is 21.7. The predicted molar refractivity (Wildman–Crippen MR) is 57.1 cm³/mol. The lowest BCUT2D eigenvalue weighted by atomic mass is 9.84. The van der Waals surface area contributed by atoms with E-state index in [1.165, 1.54) is 12.1 Å². The SMILES string of the molecule is O=C1CCCC[C@@H]1Cc1ccc(F)cc1. The summed E-state index contributed by atoms with van der Waals surface area (Å²) in [5.74, 6) is 0.337. The van der Waals surface area contributed by atoms with Crippen LogP contribution in [0, 0.1) is 11.7 Å². The minimum atomic E-state index is -0.214. The highest BCUT2D eigenvalue weighted by Crippen LogP contribution is 2.24. The molecular formula is C13H15FO. The van der Waals surface area contributed by atoms with Crippen LogP contribution in [0.5, 0.6) is 0 Å². The number of rotatable bonds is 2. The molecule has 0 unspecified atom stereocenters. The summed E-state index contributed by atoms with van der Waals surface area (Å²) in [6, 6.07) is 6.47. The van der Waals surface area contributed by atoms with Crippen molar-refractivity contribution in [1.29, 1.82) is 0 Å².